The van der Waals surface area contributed by atoms with E-state index < -0.39 is 0 Å². The molecule has 0 radical (unpaired) electrons. The van der Waals surface area contributed by atoms with Gasteiger partial charge in [-0.25, -0.2) is 0 Å². The van der Waals surface area contributed by atoms with Crippen LogP contribution in [0.4, 0.5) is 0 Å². The standard InChI is InChI=1S/C20H22N2O3/c23-20(13-16-4-2-1-3-5-16)22-10-8-21(9-11-22)14-17-6-7-18-19(12-17)25-15-24-18/h1-7,12H,8-11,13-15H2/p+1. The molecule has 2 aromatic rings. The molecule has 5 nitrogen and oxygen atoms in total. The molecule has 0 spiro atoms. The van der Waals surface area contributed by atoms with E-state index in [4.69, 9.17) is 9.47 Å². The third kappa shape index (κ3) is 3.77. The Hall–Kier alpha value is -2.53. The summed E-state index contributed by atoms with van der Waals surface area (Å²) in [6, 6.07) is 16.1. The van der Waals surface area contributed by atoms with E-state index in [2.05, 4.69) is 12.1 Å². The molecule has 2 aromatic carbocycles. The minimum absolute atomic E-state index is 0.230. The molecule has 5 heteroatoms. The lowest BCUT2D eigenvalue weighted by Crippen LogP contribution is -3.13. The predicted octanol–water partition coefficient (Wildman–Crippen LogP) is 0.885. The molecular weight excluding hydrogens is 316 g/mol. The van der Waals surface area contributed by atoms with Crippen LogP contribution in [-0.2, 0) is 17.8 Å². The van der Waals surface area contributed by atoms with Crippen LogP contribution in [0.25, 0.3) is 0 Å². The van der Waals surface area contributed by atoms with Crippen molar-refractivity contribution in [2.75, 3.05) is 33.0 Å². The van der Waals surface area contributed by atoms with Gasteiger partial charge in [-0.05, 0) is 23.8 Å². The Bertz CT molecular complexity index is 740. The van der Waals surface area contributed by atoms with Gasteiger partial charge in [-0.2, -0.15) is 0 Å². The SMILES string of the molecule is O=C(Cc1ccccc1)N1CC[NH+](Cc2ccc3c(c2)OCO3)CC1. The molecule has 2 heterocycles. The van der Waals surface area contributed by atoms with Gasteiger partial charge in [0, 0.05) is 5.56 Å². The maximum atomic E-state index is 12.4. The largest absolute Gasteiger partial charge is 0.454 e. The van der Waals surface area contributed by atoms with Gasteiger partial charge in [0.1, 0.15) is 6.54 Å². The first-order valence-electron chi connectivity index (χ1n) is 8.82. The molecule has 1 N–H and O–H groups in total. The summed E-state index contributed by atoms with van der Waals surface area (Å²) in [6.45, 7) is 4.88. The second-order valence-corrected chi connectivity index (χ2v) is 6.66. The Morgan fingerprint density at radius 1 is 0.960 bits per heavy atom. The monoisotopic (exact) mass is 339 g/mol. The van der Waals surface area contributed by atoms with Crippen LogP contribution in [0.2, 0.25) is 0 Å². The molecule has 2 aliphatic rings. The number of rotatable bonds is 4. The van der Waals surface area contributed by atoms with E-state index in [0.29, 0.717) is 13.2 Å². The van der Waals surface area contributed by atoms with E-state index in [1.165, 1.54) is 10.5 Å². The number of nitrogens with one attached hydrogen (secondary N) is 1. The number of hydrogen-bond acceptors (Lipinski definition) is 3. The van der Waals surface area contributed by atoms with E-state index in [1.54, 1.807) is 0 Å². The van der Waals surface area contributed by atoms with E-state index in [-0.39, 0.29) is 5.91 Å². The number of fused-ring (bicyclic) bond motifs is 1. The molecule has 1 amide bonds. The normalized spacial score (nSPS) is 16.9. The topological polar surface area (TPSA) is 43.2 Å². The average molecular weight is 339 g/mol. The smallest absolute Gasteiger partial charge is 0.231 e. The lowest BCUT2D eigenvalue weighted by atomic mass is 10.1. The van der Waals surface area contributed by atoms with Gasteiger partial charge in [0.15, 0.2) is 11.5 Å². The van der Waals surface area contributed by atoms with Crippen LogP contribution >= 0.6 is 0 Å². The van der Waals surface area contributed by atoms with Crippen LogP contribution in [0.1, 0.15) is 11.1 Å². The Labute approximate surface area is 147 Å². The third-order valence-electron chi connectivity index (χ3n) is 4.91. The fraction of sp³-hybridized carbons (Fsp3) is 0.350. The molecule has 0 saturated carbocycles. The highest BCUT2D eigenvalue weighted by atomic mass is 16.7. The van der Waals surface area contributed by atoms with Crippen LogP contribution in [0, 0.1) is 0 Å². The van der Waals surface area contributed by atoms with Crippen molar-refractivity contribution in [3.63, 3.8) is 0 Å². The number of nitrogens with zero attached hydrogens (tertiary/aromatic N) is 1. The number of piperazine rings is 1. The molecule has 0 atom stereocenters. The van der Waals surface area contributed by atoms with Crippen LogP contribution in [-0.4, -0.2) is 43.8 Å². The zero-order valence-electron chi connectivity index (χ0n) is 14.2. The summed E-state index contributed by atoms with van der Waals surface area (Å²) >= 11 is 0. The molecule has 0 aliphatic carbocycles. The van der Waals surface area contributed by atoms with E-state index in [1.807, 2.05) is 41.3 Å². The fourth-order valence-corrected chi connectivity index (χ4v) is 3.47. The molecule has 25 heavy (non-hydrogen) atoms. The van der Waals surface area contributed by atoms with Crippen molar-refractivity contribution in [3.05, 3.63) is 59.7 Å². The fourth-order valence-electron chi connectivity index (χ4n) is 3.47. The van der Waals surface area contributed by atoms with Crippen molar-refractivity contribution in [1.29, 1.82) is 0 Å². The average Bonchev–Trinajstić information content (AvgIpc) is 3.11. The lowest BCUT2D eigenvalue weighted by molar-refractivity contribution is -0.917. The quantitative estimate of drug-likeness (QED) is 0.900. The number of quaternary nitrogens is 1. The van der Waals surface area contributed by atoms with Crippen LogP contribution in [0.15, 0.2) is 48.5 Å². The maximum absolute atomic E-state index is 12.4. The molecule has 0 unspecified atom stereocenters. The number of ether oxygens (including phenoxy) is 2. The summed E-state index contributed by atoms with van der Waals surface area (Å²) in [4.78, 5) is 15.9. The molecule has 130 valence electrons. The number of carbonyl (C=O) groups is 1. The minimum Gasteiger partial charge on any atom is -0.454 e. The van der Waals surface area contributed by atoms with Gasteiger partial charge in [0.25, 0.3) is 0 Å². The number of hydrogen-bond donors (Lipinski definition) is 1. The molecule has 1 fully saturated rings. The van der Waals surface area contributed by atoms with Gasteiger partial charge < -0.3 is 19.3 Å². The zero-order valence-corrected chi connectivity index (χ0v) is 14.2. The van der Waals surface area contributed by atoms with Gasteiger partial charge >= 0.3 is 0 Å². The molecular formula is C20H23N2O3+. The lowest BCUT2D eigenvalue weighted by Gasteiger charge is -2.32. The highest BCUT2D eigenvalue weighted by molar-refractivity contribution is 5.78. The van der Waals surface area contributed by atoms with Crippen molar-refractivity contribution in [1.82, 2.24) is 4.90 Å². The molecule has 1 saturated heterocycles. The van der Waals surface area contributed by atoms with Crippen molar-refractivity contribution >= 4 is 5.91 Å². The first-order chi connectivity index (χ1) is 12.3. The third-order valence-corrected chi connectivity index (χ3v) is 4.91. The predicted molar refractivity (Wildman–Crippen MR) is 93.7 cm³/mol. The second kappa shape index (κ2) is 7.15. The molecule has 4 rings (SSSR count). The van der Waals surface area contributed by atoms with Gasteiger partial charge in [0.05, 0.1) is 32.6 Å². The summed E-state index contributed by atoms with van der Waals surface area (Å²) < 4.78 is 10.8. The number of amides is 1. The Morgan fingerprint density at radius 2 is 1.72 bits per heavy atom. The number of benzene rings is 2. The minimum atomic E-state index is 0.230. The van der Waals surface area contributed by atoms with Crippen molar-refractivity contribution in [2.45, 2.75) is 13.0 Å². The van der Waals surface area contributed by atoms with Crippen molar-refractivity contribution in [2.24, 2.45) is 0 Å². The summed E-state index contributed by atoms with van der Waals surface area (Å²) in [5.41, 5.74) is 2.34. The molecule has 2 aliphatic heterocycles. The van der Waals surface area contributed by atoms with E-state index in [9.17, 15) is 4.79 Å². The van der Waals surface area contributed by atoms with Gasteiger partial charge in [-0.3, -0.25) is 4.79 Å². The Morgan fingerprint density at radius 3 is 2.52 bits per heavy atom. The highest BCUT2D eigenvalue weighted by Gasteiger charge is 2.24. The molecule has 0 aromatic heterocycles. The van der Waals surface area contributed by atoms with Gasteiger partial charge in [0.2, 0.25) is 12.7 Å². The van der Waals surface area contributed by atoms with E-state index >= 15 is 0 Å². The van der Waals surface area contributed by atoms with Crippen LogP contribution < -0.4 is 14.4 Å². The van der Waals surface area contributed by atoms with Crippen LogP contribution in [0.3, 0.4) is 0 Å². The van der Waals surface area contributed by atoms with Gasteiger partial charge in [-0.15, -0.1) is 0 Å². The Balaban J connectivity index is 1.29. The van der Waals surface area contributed by atoms with Crippen molar-refractivity contribution < 1.29 is 19.2 Å². The first kappa shape index (κ1) is 16.0. The molecule has 0 bridgehead atoms. The van der Waals surface area contributed by atoms with Crippen LogP contribution in [0.5, 0.6) is 11.5 Å². The summed E-state index contributed by atoms with van der Waals surface area (Å²) in [5.74, 6) is 1.90. The summed E-state index contributed by atoms with van der Waals surface area (Å²) in [6.07, 6.45) is 0.498. The summed E-state index contributed by atoms with van der Waals surface area (Å²) in [5, 5.41) is 0. The second-order valence-electron chi connectivity index (χ2n) is 6.66. The zero-order chi connectivity index (χ0) is 17.1. The highest BCUT2D eigenvalue weighted by Crippen LogP contribution is 2.32. The Kier molecular flexibility index (Phi) is 4.57. The van der Waals surface area contributed by atoms with E-state index in [0.717, 1.165) is 49.8 Å². The first-order valence-corrected chi connectivity index (χ1v) is 8.82. The summed E-state index contributed by atoms with van der Waals surface area (Å²) in [7, 11) is 0. The van der Waals surface area contributed by atoms with Gasteiger partial charge in [-0.1, -0.05) is 30.3 Å². The number of carbonyl (C=O) groups excluding carboxylic acids is 1. The van der Waals surface area contributed by atoms with Crippen molar-refractivity contribution in [3.8, 4) is 11.5 Å². The maximum Gasteiger partial charge on any atom is 0.231 e.